The highest BCUT2D eigenvalue weighted by atomic mass is 35.5. The van der Waals surface area contributed by atoms with Gasteiger partial charge in [0.05, 0.1) is 5.92 Å². The molecule has 188 valence electrons. The molecule has 0 fully saturated rings. The number of rotatable bonds is 7. The molecule has 1 aliphatic rings. The molecule has 2 N–H and O–H groups in total. The summed E-state index contributed by atoms with van der Waals surface area (Å²) in [6, 6.07) is 30.6. The first-order valence-corrected chi connectivity index (χ1v) is 12.0. The highest BCUT2D eigenvalue weighted by Gasteiger charge is 2.31. The van der Waals surface area contributed by atoms with Gasteiger partial charge in [0.1, 0.15) is 40.4 Å². The van der Waals surface area contributed by atoms with E-state index in [1.165, 1.54) is 0 Å². The van der Waals surface area contributed by atoms with E-state index in [9.17, 15) is 10.1 Å². The highest BCUT2D eigenvalue weighted by Crippen LogP contribution is 2.44. The van der Waals surface area contributed by atoms with Gasteiger partial charge >= 0.3 is 5.97 Å². The number of para-hydroxylation sites is 1. The van der Waals surface area contributed by atoms with Gasteiger partial charge in [-0.05, 0) is 60.2 Å². The molecule has 8 heteroatoms. The van der Waals surface area contributed by atoms with Crippen LogP contribution in [0.1, 0.15) is 17.0 Å². The van der Waals surface area contributed by atoms with Crippen molar-refractivity contribution in [3.63, 3.8) is 0 Å². The summed E-state index contributed by atoms with van der Waals surface area (Å²) < 4.78 is 22.6. The van der Waals surface area contributed by atoms with Gasteiger partial charge < -0.3 is 24.7 Å². The third-order valence-corrected chi connectivity index (χ3v) is 6.01. The van der Waals surface area contributed by atoms with Gasteiger partial charge in [-0.3, -0.25) is 0 Å². The lowest BCUT2D eigenvalue weighted by Crippen LogP contribution is -2.21. The van der Waals surface area contributed by atoms with Crippen LogP contribution in [0.3, 0.4) is 0 Å². The largest absolute Gasteiger partial charge is 0.482 e. The molecule has 4 aromatic carbocycles. The van der Waals surface area contributed by atoms with Gasteiger partial charge in [-0.25, -0.2) is 4.79 Å². The Labute approximate surface area is 224 Å². The SMILES string of the molecule is N#CC1=C(N)Oc2cc(OC(=O)COc3ccc(Cl)cc3)ccc2C1c1cccc(Oc2ccccc2)c1. The van der Waals surface area contributed by atoms with E-state index in [0.717, 1.165) is 5.56 Å². The van der Waals surface area contributed by atoms with Crippen molar-refractivity contribution in [1.29, 1.82) is 5.26 Å². The van der Waals surface area contributed by atoms with Crippen LogP contribution in [0.25, 0.3) is 0 Å². The second-order valence-corrected chi connectivity index (χ2v) is 8.77. The van der Waals surface area contributed by atoms with Crippen molar-refractivity contribution in [1.82, 2.24) is 0 Å². The summed E-state index contributed by atoms with van der Waals surface area (Å²) in [4.78, 5) is 12.4. The average molecular weight is 525 g/mol. The molecule has 1 unspecified atom stereocenters. The third kappa shape index (κ3) is 5.56. The molecule has 0 spiro atoms. The number of ether oxygens (including phenoxy) is 4. The van der Waals surface area contributed by atoms with Gasteiger partial charge in [0.25, 0.3) is 0 Å². The molecular formula is C30H21ClN2O5. The number of carbonyl (C=O) groups is 1. The Balaban J connectivity index is 1.37. The Bertz CT molecular complexity index is 1550. The summed E-state index contributed by atoms with van der Waals surface area (Å²) in [6.07, 6.45) is 0. The van der Waals surface area contributed by atoms with Gasteiger partial charge in [-0.1, -0.05) is 48.0 Å². The first-order valence-electron chi connectivity index (χ1n) is 11.6. The minimum absolute atomic E-state index is 0.0195. The molecule has 1 atom stereocenters. The normalized spacial score (nSPS) is 14.1. The average Bonchev–Trinajstić information content (AvgIpc) is 2.92. The van der Waals surface area contributed by atoms with Gasteiger partial charge in [-0.15, -0.1) is 0 Å². The fourth-order valence-corrected chi connectivity index (χ4v) is 4.18. The van der Waals surface area contributed by atoms with Crippen LogP contribution >= 0.6 is 11.6 Å². The summed E-state index contributed by atoms with van der Waals surface area (Å²) in [7, 11) is 0. The van der Waals surface area contributed by atoms with Crippen molar-refractivity contribution in [2.45, 2.75) is 5.92 Å². The van der Waals surface area contributed by atoms with Crippen molar-refractivity contribution in [3.05, 3.63) is 125 Å². The summed E-state index contributed by atoms with van der Waals surface area (Å²) in [5.74, 6) is 1.31. The molecule has 0 aromatic heterocycles. The molecule has 1 aliphatic heterocycles. The fourth-order valence-electron chi connectivity index (χ4n) is 4.06. The number of nitrogens with two attached hydrogens (primary N) is 1. The van der Waals surface area contributed by atoms with Crippen LogP contribution in [0, 0.1) is 11.3 Å². The van der Waals surface area contributed by atoms with Crippen LogP contribution in [0.15, 0.2) is 109 Å². The van der Waals surface area contributed by atoms with E-state index >= 15 is 0 Å². The first kappa shape index (κ1) is 24.8. The third-order valence-electron chi connectivity index (χ3n) is 5.76. The zero-order chi connectivity index (χ0) is 26.5. The number of hydrogen-bond donors (Lipinski definition) is 1. The first-order chi connectivity index (χ1) is 18.5. The summed E-state index contributed by atoms with van der Waals surface area (Å²) >= 11 is 5.86. The Kier molecular flexibility index (Phi) is 7.16. The second kappa shape index (κ2) is 11.0. The molecule has 1 heterocycles. The molecule has 0 amide bonds. The molecule has 38 heavy (non-hydrogen) atoms. The fraction of sp³-hybridized carbons (Fsp3) is 0.0667. The molecule has 0 saturated heterocycles. The maximum absolute atomic E-state index is 12.4. The summed E-state index contributed by atoms with van der Waals surface area (Å²) in [5.41, 5.74) is 7.90. The quantitative estimate of drug-likeness (QED) is 0.222. The molecular weight excluding hydrogens is 504 g/mol. The van der Waals surface area contributed by atoms with Crippen molar-refractivity contribution < 1.29 is 23.7 Å². The molecule has 0 radical (unpaired) electrons. The van der Waals surface area contributed by atoms with E-state index in [1.807, 2.05) is 54.6 Å². The number of fused-ring (bicyclic) bond motifs is 1. The van der Waals surface area contributed by atoms with E-state index in [-0.39, 0.29) is 23.8 Å². The number of benzene rings is 4. The zero-order valence-corrected chi connectivity index (χ0v) is 20.7. The zero-order valence-electron chi connectivity index (χ0n) is 20.0. The minimum atomic E-state index is -0.598. The van der Waals surface area contributed by atoms with Gasteiger partial charge in [0.2, 0.25) is 5.88 Å². The molecule has 7 nitrogen and oxygen atoms in total. The van der Waals surface area contributed by atoms with Crippen LogP contribution in [0.5, 0.6) is 28.7 Å². The Morgan fingerprint density at radius 1 is 0.895 bits per heavy atom. The van der Waals surface area contributed by atoms with Crippen LogP contribution < -0.4 is 24.7 Å². The number of nitrogens with zero attached hydrogens (tertiary/aromatic N) is 1. The van der Waals surface area contributed by atoms with E-state index in [2.05, 4.69) is 6.07 Å². The number of nitriles is 1. The van der Waals surface area contributed by atoms with Gasteiger partial charge in [0.15, 0.2) is 6.61 Å². The van der Waals surface area contributed by atoms with E-state index < -0.39 is 11.9 Å². The smallest absolute Gasteiger partial charge is 0.349 e. The molecule has 4 aromatic rings. The number of hydrogen-bond acceptors (Lipinski definition) is 7. The predicted octanol–water partition coefficient (Wildman–Crippen LogP) is 6.33. The summed E-state index contributed by atoms with van der Waals surface area (Å²) in [6.45, 7) is -0.295. The standard InChI is InChI=1S/C30H21ClN2O5/c31-20-9-11-21(12-10-20)35-18-28(34)37-24-13-14-25-27(16-24)38-30(33)26(17-32)29(25)19-5-4-8-23(15-19)36-22-6-2-1-3-7-22/h1-16,29H,18,33H2. The number of allylic oxidation sites excluding steroid dienone is 1. The Morgan fingerprint density at radius 2 is 1.63 bits per heavy atom. The van der Waals surface area contributed by atoms with Crippen LogP contribution in [-0.4, -0.2) is 12.6 Å². The monoisotopic (exact) mass is 524 g/mol. The molecule has 0 aliphatic carbocycles. The maximum atomic E-state index is 12.4. The van der Waals surface area contributed by atoms with Gasteiger partial charge in [-0.2, -0.15) is 5.26 Å². The van der Waals surface area contributed by atoms with Crippen molar-refractivity contribution in [2.75, 3.05) is 6.61 Å². The van der Waals surface area contributed by atoms with Gasteiger partial charge in [0, 0.05) is 16.7 Å². The molecule has 0 bridgehead atoms. The second-order valence-electron chi connectivity index (χ2n) is 8.33. The Hall–Kier alpha value is -4.93. The maximum Gasteiger partial charge on any atom is 0.349 e. The minimum Gasteiger partial charge on any atom is -0.482 e. The number of halogens is 1. The lowest BCUT2D eigenvalue weighted by molar-refractivity contribution is -0.136. The predicted molar refractivity (Wildman–Crippen MR) is 141 cm³/mol. The molecule has 0 saturated carbocycles. The van der Waals surface area contributed by atoms with Crippen molar-refractivity contribution in [2.24, 2.45) is 5.73 Å². The summed E-state index contributed by atoms with van der Waals surface area (Å²) in [5, 5.41) is 10.4. The highest BCUT2D eigenvalue weighted by molar-refractivity contribution is 6.30. The lowest BCUT2D eigenvalue weighted by Gasteiger charge is -2.27. The topological polar surface area (TPSA) is 104 Å². The Morgan fingerprint density at radius 3 is 2.39 bits per heavy atom. The van der Waals surface area contributed by atoms with Crippen molar-refractivity contribution >= 4 is 17.6 Å². The van der Waals surface area contributed by atoms with E-state index in [4.69, 9.17) is 36.3 Å². The van der Waals surface area contributed by atoms with Crippen LogP contribution in [0.4, 0.5) is 0 Å². The van der Waals surface area contributed by atoms with Crippen LogP contribution in [-0.2, 0) is 4.79 Å². The number of esters is 1. The molecule has 5 rings (SSSR count). The van der Waals surface area contributed by atoms with Crippen molar-refractivity contribution in [3.8, 4) is 34.8 Å². The van der Waals surface area contributed by atoms with E-state index in [1.54, 1.807) is 42.5 Å². The lowest BCUT2D eigenvalue weighted by atomic mass is 9.83. The number of carbonyl (C=O) groups excluding carboxylic acids is 1. The van der Waals surface area contributed by atoms with Crippen LogP contribution in [0.2, 0.25) is 5.02 Å². The van der Waals surface area contributed by atoms with E-state index in [0.29, 0.717) is 33.6 Å².